The molecule has 0 spiro atoms. The Hall–Kier alpha value is -0.520. The first-order valence-electron chi connectivity index (χ1n) is 5.85. The molecular formula is C12H24N2O2S. The molecule has 0 aromatic rings. The highest BCUT2D eigenvalue weighted by atomic mass is 32.2. The standard InChI is InChI=1S/C12H24N2O2S/c1-10(2)17-8-7-16-9-14-6-5-12(13-4)11(3)15/h5-6,10,12-14H,7-9H2,1-4H3/b6-5-. The molecule has 2 N–H and O–H groups in total. The Bertz CT molecular complexity index is 233. The quantitative estimate of drug-likeness (QED) is 0.459. The number of ketones is 1. The lowest BCUT2D eigenvalue weighted by molar-refractivity contribution is -0.117. The summed E-state index contributed by atoms with van der Waals surface area (Å²) >= 11 is 1.88. The van der Waals surface area contributed by atoms with Gasteiger partial charge in [0.25, 0.3) is 0 Å². The fourth-order valence-electron chi connectivity index (χ4n) is 1.12. The van der Waals surface area contributed by atoms with Crippen molar-refractivity contribution in [1.29, 1.82) is 0 Å². The zero-order valence-corrected chi connectivity index (χ0v) is 12.0. The van der Waals surface area contributed by atoms with Crippen LogP contribution in [-0.4, -0.2) is 43.2 Å². The summed E-state index contributed by atoms with van der Waals surface area (Å²) in [4.78, 5) is 11.1. The molecule has 0 rings (SSSR count). The van der Waals surface area contributed by atoms with Crippen LogP contribution in [0, 0.1) is 0 Å². The molecule has 0 aliphatic heterocycles. The molecule has 1 unspecified atom stereocenters. The summed E-state index contributed by atoms with van der Waals surface area (Å²) in [5.74, 6) is 1.11. The minimum atomic E-state index is -0.223. The number of Topliss-reactive ketones (excluding diaryl/α,β-unsaturated/α-hetero) is 1. The van der Waals surface area contributed by atoms with E-state index in [1.807, 2.05) is 11.8 Å². The number of likely N-dealkylation sites (N-methyl/N-ethyl adjacent to an activating group) is 1. The fourth-order valence-corrected chi connectivity index (χ4v) is 1.81. The van der Waals surface area contributed by atoms with E-state index in [-0.39, 0.29) is 11.8 Å². The number of carbonyl (C=O) groups is 1. The van der Waals surface area contributed by atoms with Crippen LogP contribution in [-0.2, 0) is 9.53 Å². The van der Waals surface area contributed by atoms with Gasteiger partial charge < -0.3 is 15.4 Å². The Morgan fingerprint density at radius 1 is 1.47 bits per heavy atom. The van der Waals surface area contributed by atoms with Crippen LogP contribution in [0.15, 0.2) is 12.3 Å². The highest BCUT2D eigenvalue weighted by Gasteiger charge is 2.05. The van der Waals surface area contributed by atoms with Gasteiger partial charge in [-0.15, -0.1) is 0 Å². The van der Waals surface area contributed by atoms with Gasteiger partial charge in [0, 0.05) is 5.75 Å². The van der Waals surface area contributed by atoms with Crippen molar-refractivity contribution in [3.8, 4) is 0 Å². The molecule has 4 nitrogen and oxygen atoms in total. The molecule has 5 heteroatoms. The van der Waals surface area contributed by atoms with Crippen molar-refractivity contribution >= 4 is 17.5 Å². The Balaban J connectivity index is 3.44. The molecule has 0 saturated carbocycles. The summed E-state index contributed by atoms with van der Waals surface area (Å²) in [5.41, 5.74) is 0. The third-order valence-corrected chi connectivity index (χ3v) is 3.09. The first kappa shape index (κ1) is 16.5. The Labute approximate surface area is 109 Å². The van der Waals surface area contributed by atoms with Gasteiger partial charge in [0.1, 0.15) is 6.73 Å². The van der Waals surface area contributed by atoms with Gasteiger partial charge in [0.05, 0.1) is 12.6 Å². The van der Waals surface area contributed by atoms with Crippen LogP contribution in [0.4, 0.5) is 0 Å². The van der Waals surface area contributed by atoms with Crippen LogP contribution < -0.4 is 10.6 Å². The maximum absolute atomic E-state index is 11.1. The SMILES string of the molecule is CNC(/C=C\NCOCCSC(C)C)C(C)=O. The van der Waals surface area contributed by atoms with Crippen molar-refractivity contribution in [3.63, 3.8) is 0 Å². The normalized spacial score (nSPS) is 13.2. The van der Waals surface area contributed by atoms with Crippen molar-refractivity contribution < 1.29 is 9.53 Å². The smallest absolute Gasteiger partial charge is 0.150 e. The number of ether oxygens (including phenoxy) is 1. The van der Waals surface area contributed by atoms with Crippen LogP contribution >= 0.6 is 11.8 Å². The Morgan fingerprint density at radius 2 is 2.18 bits per heavy atom. The van der Waals surface area contributed by atoms with Crippen LogP contribution in [0.2, 0.25) is 0 Å². The van der Waals surface area contributed by atoms with E-state index in [4.69, 9.17) is 4.74 Å². The Morgan fingerprint density at radius 3 is 2.71 bits per heavy atom. The summed E-state index contributed by atoms with van der Waals surface area (Å²) in [5, 5.41) is 6.54. The second kappa shape index (κ2) is 10.6. The molecule has 0 aromatic heterocycles. The zero-order valence-electron chi connectivity index (χ0n) is 11.2. The highest BCUT2D eigenvalue weighted by molar-refractivity contribution is 7.99. The molecule has 17 heavy (non-hydrogen) atoms. The van der Waals surface area contributed by atoms with E-state index >= 15 is 0 Å². The lowest BCUT2D eigenvalue weighted by atomic mass is 10.2. The molecule has 1 atom stereocenters. The average molecular weight is 260 g/mol. The number of thioether (sulfide) groups is 1. The van der Waals surface area contributed by atoms with E-state index in [0.717, 1.165) is 12.4 Å². The molecule has 0 aliphatic carbocycles. The second-order valence-electron chi connectivity index (χ2n) is 3.91. The summed E-state index contributed by atoms with van der Waals surface area (Å²) in [6.45, 7) is 7.12. The fraction of sp³-hybridized carbons (Fsp3) is 0.750. The summed E-state index contributed by atoms with van der Waals surface area (Å²) < 4.78 is 5.37. The minimum Gasteiger partial charge on any atom is -0.369 e. The van der Waals surface area contributed by atoms with Crippen LogP contribution in [0.1, 0.15) is 20.8 Å². The monoisotopic (exact) mass is 260 g/mol. The van der Waals surface area contributed by atoms with Gasteiger partial charge in [-0.25, -0.2) is 0 Å². The van der Waals surface area contributed by atoms with E-state index in [0.29, 0.717) is 12.0 Å². The van der Waals surface area contributed by atoms with Gasteiger partial charge in [-0.3, -0.25) is 4.79 Å². The topological polar surface area (TPSA) is 50.4 Å². The molecule has 0 radical (unpaired) electrons. The van der Waals surface area contributed by atoms with Crippen molar-refractivity contribution in [2.75, 3.05) is 26.1 Å². The average Bonchev–Trinajstić information content (AvgIpc) is 2.26. The van der Waals surface area contributed by atoms with Crippen LogP contribution in [0.25, 0.3) is 0 Å². The van der Waals surface area contributed by atoms with E-state index in [1.54, 1.807) is 26.2 Å². The summed E-state index contributed by atoms with van der Waals surface area (Å²) in [7, 11) is 1.76. The molecule has 0 bridgehead atoms. The van der Waals surface area contributed by atoms with Crippen molar-refractivity contribution in [2.24, 2.45) is 0 Å². The van der Waals surface area contributed by atoms with Crippen molar-refractivity contribution in [1.82, 2.24) is 10.6 Å². The summed E-state index contributed by atoms with van der Waals surface area (Å²) in [6, 6.07) is -0.223. The van der Waals surface area contributed by atoms with Gasteiger partial charge in [-0.05, 0) is 31.5 Å². The largest absolute Gasteiger partial charge is 0.369 e. The van der Waals surface area contributed by atoms with Crippen LogP contribution in [0.3, 0.4) is 0 Å². The molecule has 0 amide bonds. The molecule has 0 heterocycles. The van der Waals surface area contributed by atoms with Gasteiger partial charge in [0.15, 0.2) is 5.78 Å². The van der Waals surface area contributed by atoms with E-state index < -0.39 is 0 Å². The van der Waals surface area contributed by atoms with Gasteiger partial charge in [-0.2, -0.15) is 11.8 Å². The maximum atomic E-state index is 11.1. The predicted octanol–water partition coefficient (Wildman–Crippen LogP) is 1.38. The number of carbonyl (C=O) groups excluding carboxylic acids is 1. The summed E-state index contributed by atoms with van der Waals surface area (Å²) in [6.07, 6.45) is 3.53. The molecule has 0 aliphatic rings. The van der Waals surface area contributed by atoms with Gasteiger partial charge >= 0.3 is 0 Å². The first-order valence-corrected chi connectivity index (χ1v) is 6.90. The molecule has 0 saturated heterocycles. The molecule has 100 valence electrons. The number of hydrogen-bond donors (Lipinski definition) is 2. The maximum Gasteiger partial charge on any atom is 0.150 e. The predicted molar refractivity (Wildman–Crippen MR) is 74.2 cm³/mol. The molecule has 0 fully saturated rings. The lowest BCUT2D eigenvalue weighted by Crippen LogP contribution is -2.30. The third-order valence-electron chi connectivity index (χ3n) is 2.02. The third kappa shape index (κ3) is 10.4. The van der Waals surface area contributed by atoms with Gasteiger partial charge in [-0.1, -0.05) is 13.8 Å². The highest BCUT2D eigenvalue weighted by Crippen LogP contribution is 2.07. The molecule has 0 aromatic carbocycles. The van der Waals surface area contributed by atoms with E-state index in [9.17, 15) is 4.79 Å². The van der Waals surface area contributed by atoms with Crippen molar-refractivity contribution in [2.45, 2.75) is 32.1 Å². The van der Waals surface area contributed by atoms with E-state index in [2.05, 4.69) is 24.5 Å². The lowest BCUT2D eigenvalue weighted by Gasteiger charge is -2.08. The minimum absolute atomic E-state index is 0.0970. The van der Waals surface area contributed by atoms with Crippen LogP contribution in [0.5, 0.6) is 0 Å². The van der Waals surface area contributed by atoms with Crippen molar-refractivity contribution in [3.05, 3.63) is 12.3 Å². The Kier molecular flexibility index (Phi) is 10.3. The number of hydrogen-bond acceptors (Lipinski definition) is 5. The number of rotatable bonds is 10. The first-order chi connectivity index (χ1) is 8.07. The van der Waals surface area contributed by atoms with E-state index in [1.165, 1.54) is 0 Å². The van der Waals surface area contributed by atoms with Gasteiger partial charge in [0.2, 0.25) is 0 Å². The zero-order chi connectivity index (χ0) is 13.1. The number of nitrogens with one attached hydrogen (secondary N) is 2. The molecular weight excluding hydrogens is 236 g/mol. The second-order valence-corrected chi connectivity index (χ2v) is 5.60.